The summed E-state index contributed by atoms with van der Waals surface area (Å²) in [7, 11) is 0. The summed E-state index contributed by atoms with van der Waals surface area (Å²) < 4.78 is 0. The molecule has 1 heterocycles. The molecule has 4 atom stereocenters. The molecule has 1 N–H and O–H groups in total. The van der Waals surface area contributed by atoms with Crippen molar-refractivity contribution in [1.29, 1.82) is 5.26 Å². The first-order valence-electron chi connectivity index (χ1n) is 6.54. The average Bonchev–Trinajstić information content (AvgIpc) is 2.78. The third-order valence-electron chi connectivity index (χ3n) is 4.30. The van der Waals surface area contributed by atoms with Crippen molar-refractivity contribution in [3.63, 3.8) is 0 Å². The fourth-order valence-corrected chi connectivity index (χ4v) is 3.21. The lowest BCUT2D eigenvalue weighted by Gasteiger charge is -2.34. The zero-order valence-electron chi connectivity index (χ0n) is 10.1. The van der Waals surface area contributed by atoms with Crippen LogP contribution < -0.4 is 0 Å². The van der Waals surface area contributed by atoms with E-state index >= 15 is 0 Å². The van der Waals surface area contributed by atoms with E-state index in [4.69, 9.17) is 0 Å². The van der Waals surface area contributed by atoms with Crippen LogP contribution in [0.15, 0.2) is 0 Å². The van der Waals surface area contributed by atoms with Crippen LogP contribution in [0.5, 0.6) is 0 Å². The van der Waals surface area contributed by atoms with Gasteiger partial charge in [0.2, 0.25) is 0 Å². The molecule has 90 valence electrons. The Morgan fingerprint density at radius 3 is 2.69 bits per heavy atom. The number of nitrogens with zero attached hydrogens (tertiary/aromatic N) is 2. The molecular weight excluding hydrogens is 200 g/mol. The van der Waals surface area contributed by atoms with E-state index in [0.717, 1.165) is 25.9 Å². The summed E-state index contributed by atoms with van der Waals surface area (Å²) in [4.78, 5) is 2.45. The first-order valence-corrected chi connectivity index (χ1v) is 6.54. The second-order valence-electron chi connectivity index (χ2n) is 5.37. The van der Waals surface area contributed by atoms with E-state index < -0.39 is 0 Å². The number of aliphatic hydroxyl groups excluding tert-OH is 1. The zero-order valence-corrected chi connectivity index (χ0v) is 10.1. The molecule has 2 fully saturated rings. The van der Waals surface area contributed by atoms with Crippen LogP contribution in [0.2, 0.25) is 0 Å². The molecular formula is C13H22N2O. The Kier molecular flexibility index (Phi) is 3.83. The minimum atomic E-state index is -0.200. The molecule has 1 saturated heterocycles. The number of hydrogen-bond acceptors (Lipinski definition) is 3. The number of rotatable bonds is 2. The quantitative estimate of drug-likeness (QED) is 0.774. The Morgan fingerprint density at radius 1 is 1.31 bits per heavy atom. The van der Waals surface area contributed by atoms with E-state index in [2.05, 4.69) is 11.0 Å². The normalized spacial score (nSPS) is 38.2. The number of likely N-dealkylation sites (tertiary alicyclic amines) is 1. The molecule has 0 spiro atoms. The molecule has 2 rings (SSSR count). The van der Waals surface area contributed by atoms with Crippen molar-refractivity contribution in [2.24, 2.45) is 11.8 Å². The van der Waals surface area contributed by atoms with E-state index in [-0.39, 0.29) is 12.0 Å². The second kappa shape index (κ2) is 5.16. The van der Waals surface area contributed by atoms with Gasteiger partial charge in [0, 0.05) is 12.6 Å². The van der Waals surface area contributed by atoms with Gasteiger partial charge in [-0.1, -0.05) is 12.8 Å². The molecule has 3 heteroatoms. The summed E-state index contributed by atoms with van der Waals surface area (Å²) in [6.07, 6.45) is 5.60. The molecule has 1 aliphatic heterocycles. The monoisotopic (exact) mass is 222 g/mol. The number of aliphatic hydroxyl groups is 1. The molecule has 1 saturated carbocycles. The third kappa shape index (κ3) is 2.39. The summed E-state index contributed by atoms with van der Waals surface area (Å²) in [6, 6.07) is 2.93. The van der Waals surface area contributed by atoms with Crippen molar-refractivity contribution in [2.45, 2.75) is 51.2 Å². The third-order valence-corrected chi connectivity index (χ3v) is 4.30. The fraction of sp³-hybridized carbons (Fsp3) is 0.923. The van der Waals surface area contributed by atoms with Crippen molar-refractivity contribution in [2.75, 3.05) is 13.1 Å². The van der Waals surface area contributed by atoms with Crippen molar-refractivity contribution in [3.05, 3.63) is 0 Å². The van der Waals surface area contributed by atoms with E-state index in [1.165, 1.54) is 19.3 Å². The van der Waals surface area contributed by atoms with Crippen LogP contribution in [0.25, 0.3) is 0 Å². The first kappa shape index (κ1) is 11.9. The van der Waals surface area contributed by atoms with Crippen LogP contribution in [-0.4, -0.2) is 35.2 Å². The minimum absolute atomic E-state index is 0.200. The highest BCUT2D eigenvalue weighted by Crippen LogP contribution is 2.32. The first-order chi connectivity index (χ1) is 7.72. The molecule has 4 unspecified atom stereocenters. The van der Waals surface area contributed by atoms with Gasteiger partial charge in [-0.05, 0) is 38.6 Å². The Labute approximate surface area is 98.1 Å². The second-order valence-corrected chi connectivity index (χ2v) is 5.37. The van der Waals surface area contributed by atoms with Crippen molar-refractivity contribution in [3.8, 4) is 6.07 Å². The van der Waals surface area contributed by atoms with Crippen LogP contribution in [0.4, 0.5) is 0 Å². The van der Waals surface area contributed by atoms with Crippen molar-refractivity contribution < 1.29 is 5.11 Å². The molecule has 0 radical (unpaired) electrons. The summed E-state index contributed by atoms with van der Waals surface area (Å²) in [5, 5.41) is 18.8. The Hall–Kier alpha value is -0.590. The average molecular weight is 222 g/mol. The maximum absolute atomic E-state index is 9.60. The van der Waals surface area contributed by atoms with E-state index in [0.29, 0.717) is 12.0 Å². The molecule has 1 aliphatic carbocycles. The van der Waals surface area contributed by atoms with Crippen LogP contribution in [0.1, 0.15) is 39.0 Å². The summed E-state index contributed by atoms with van der Waals surface area (Å²) >= 11 is 0. The van der Waals surface area contributed by atoms with Crippen LogP contribution in [-0.2, 0) is 0 Å². The summed E-state index contributed by atoms with van der Waals surface area (Å²) in [5.41, 5.74) is 0. The topological polar surface area (TPSA) is 47.3 Å². The lowest BCUT2D eigenvalue weighted by Crippen LogP contribution is -2.41. The molecule has 0 bridgehead atoms. The van der Waals surface area contributed by atoms with Crippen LogP contribution in [0.3, 0.4) is 0 Å². The van der Waals surface area contributed by atoms with Crippen LogP contribution in [0, 0.1) is 23.2 Å². The molecule has 0 amide bonds. The maximum Gasteiger partial charge on any atom is 0.0672 e. The molecule has 3 nitrogen and oxygen atoms in total. The summed E-state index contributed by atoms with van der Waals surface area (Å²) in [5.74, 6) is 0.641. The highest BCUT2D eigenvalue weighted by Gasteiger charge is 2.35. The molecule has 0 aromatic rings. The van der Waals surface area contributed by atoms with Gasteiger partial charge in [-0.25, -0.2) is 0 Å². The largest absolute Gasteiger partial charge is 0.393 e. The molecule has 0 aromatic carbocycles. The minimum Gasteiger partial charge on any atom is -0.393 e. The van der Waals surface area contributed by atoms with Gasteiger partial charge in [0.15, 0.2) is 0 Å². The number of nitriles is 1. The molecule has 0 aromatic heterocycles. The maximum atomic E-state index is 9.60. The van der Waals surface area contributed by atoms with Gasteiger partial charge >= 0.3 is 0 Å². The van der Waals surface area contributed by atoms with Gasteiger partial charge in [0.25, 0.3) is 0 Å². The van der Waals surface area contributed by atoms with Gasteiger partial charge in [-0.2, -0.15) is 5.26 Å². The fourth-order valence-electron chi connectivity index (χ4n) is 3.21. The van der Waals surface area contributed by atoms with Crippen molar-refractivity contribution >= 4 is 0 Å². The van der Waals surface area contributed by atoms with E-state index in [1.54, 1.807) is 0 Å². The predicted octanol–water partition coefficient (Wildman–Crippen LogP) is 1.77. The van der Waals surface area contributed by atoms with Gasteiger partial charge in [0.05, 0.1) is 18.1 Å². The Balaban J connectivity index is 1.95. The Bertz CT molecular complexity index is 272. The SMILES string of the molecule is CC(O)C1CCN(C2CCCCC2C#N)C1. The zero-order chi connectivity index (χ0) is 11.5. The number of hydrogen-bond donors (Lipinski definition) is 1. The Morgan fingerprint density at radius 2 is 2.06 bits per heavy atom. The highest BCUT2D eigenvalue weighted by molar-refractivity contribution is 4.97. The highest BCUT2D eigenvalue weighted by atomic mass is 16.3. The van der Waals surface area contributed by atoms with E-state index in [9.17, 15) is 10.4 Å². The predicted molar refractivity (Wildman–Crippen MR) is 62.7 cm³/mol. The van der Waals surface area contributed by atoms with Gasteiger partial charge in [-0.3, -0.25) is 4.90 Å². The smallest absolute Gasteiger partial charge is 0.0672 e. The van der Waals surface area contributed by atoms with Crippen LogP contribution >= 0.6 is 0 Å². The molecule has 16 heavy (non-hydrogen) atoms. The van der Waals surface area contributed by atoms with E-state index in [1.807, 2.05) is 6.92 Å². The lowest BCUT2D eigenvalue weighted by molar-refractivity contribution is 0.108. The van der Waals surface area contributed by atoms with Crippen molar-refractivity contribution in [1.82, 2.24) is 4.90 Å². The molecule has 2 aliphatic rings. The lowest BCUT2D eigenvalue weighted by atomic mass is 9.84. The van der Waals surface area contributed by atoms with Gasteiger partial charge in [-0.15, -0.1) is 0 Å². The standard InChI is InChI=1S/C13H22N2O/c1-10(16)12-6-7-15(9-12)13-5-3-2-4-11(13)8-14/h10-13,16H,2-7,9H2,1H3. The summed E-state index contributed by atoms with van der Waals surface area (Å²) in [6.45, 7) is 3.94. The van der Waals surface area contributed by atoms with Gasteiger partial charge < -0.3 is 5.11 Å². The van der Waals surface area contributed by atoms with Gasteiger partial charge in [0.1, 0.15) is 0 Å².